The van der Waals surface area contributed by atoms with Crippen molar-refractivity contribution in [2.75, 3.05) is 6.61 Å². The minimum absolute atomic E-state index is 0.297. The summed E-state index contributed by atoms with van der Waals surface area (Å²) in [4.78, 5) is 15.5. The third-order valence-corrected chi connectivity index (χ3v) is 5.23. The molecule has 1 N–H and O–H groups in total. The van der Waals surface area contributed by atoms with Gasteiger partial charge in [0.25, 0.3) is 0 Å². The van der Waals surface area contributed by atoms with Gasteiger partial charge in [0.05, 0.1) is 17.9 Å². The SMILES string of the molecule is CCOC(=O)c1ccc(-c2c(-c3ccccc3Br)[nH]c3ccccc23)cc1. The molecule has 3 nitrogen and oxygen atoms in total. The molecule has 0 aliphatic heterocycles. The number of nitrogens with one attached hydrogen (secondary N) is 1. The Labute approximate surface area is 166 Å². The van der Waals surface area contributed by atoms with Crippen LogP contribution in [0.5, 0.6) is 0 Å². The van der Waals surface area contributed by atoms with Crippen molar-refractivity contribution in [2.45, 2.75) is 6.92 Å². The highest BCUT2D eigenvalue weighted by Gasteiger charge is 2.17. The van der Waals surface area contributed by atoms with Crippen LogP contribution in [0.1, 0.15) is 17.3 Å². The summed E-state index contributed by atoms with van der Waals surface area (Å²) in [5, 5.41) is 1.15. The van der Waals surface area contributed by atoms with Gasteiger partial charge >= 0.3 is 5.97 Å². The van der Waals surface area contributed by atoms with Gasteiger partial charge in [-0.25, -0.2) is 4.79 Å². The second-order valence-corrected chi connectivity index (χ2v) is 7.05. The van der Waals surface area contributed by atoms with E-state index in [2.05, 4.69) is 39.1 Å². The van der Waals surface area contributed by atoms with E-state index >= 15 is 0 Å². The first-order valence-corrected chi connectivity index (χ1v) is 9.61. The van der Waals surface area contributed by atoms with Crippen molar-refractivity contribution in [1.29, 1.82) is 0 Å². The normalized spacial score (nSPS) is 10.9. The van der Waals surface area contributed by atoms with Crippen LogP contribution in [-0.4, -0.2) is 17.6 Å². The summed E-state index contributed by atoms with van der Waals surface area (Å²) in [6.07, 6.45) is 0. The van der Waals surface area contributed by atoms with Gasteiger partial charge in [0.15, 0.2) is 0 Å². The molecule has 3 aromatic carbocycles. The third kappa shape index (κ3) is 3.28. The monoisotopic (exact) mass is 419 g/mol. The molecule has 0 amide bonds. The van der Waals surface area contributed by atoms with E-state index in [1.165, 1.54) is 0 Å². The van der Waals surface area contributed by atoms with Crippen LogP contribution in [0.3, 0.4) is 0 Å². The summed E-state index contributed by atoms with van der Waals surface area (Å²) in [6.45, 7) is 2.18. The fourth-order valence-corrected chi connectivity index (χ4v) is 3.78. The Morgan fingerprint density at radius 1 is 0.963 bits per heavy atom. The van der Waals surface area contributed by atoms with Crippen LogP contribution in [0.25, 0.3) is 33.3 Å². The van der Waals surface area contributed by atoms with Gasteiger partial charge in [0.2, 0.25) is 0 Å². The molecule has 27 heavy (non-hydrogen) atoms. The van der Waals surface area contributed by atoms with Crippen molar-refractivity contribution >= 4 is 32.8 Å². The highest BCUT2D eigenvalue weighted by Crippen LogP contribution is 2.40. The molecule has 1 heterocycles. The van der Waals surface area contributed by atoms with Crippen LogP contribution in [0, 0.1) is 0 Å². The largest absolute Gasteiger partial charge is 0.462 e. The van der Waals surface area contributed by atoms with Gasteiger partial charge in [-0.3, -0.25) is 0 Å². The highest BCUT2D eigenvalue weighted by molar-refractivity contribution is 9.10. The number of hydrogen-bond acceptors (Lipinski definition) is 2. The number of hydrogen-bond donors (Lipinski definition) is 1. The number of aromatic nitrogens is 1. The second kappa shape index (κ2) is 7.41. The van der Waals surface area contributed by atoms with Gasteiger partial charge in [0, 0.05) is 26.5 Å². The van der Waals surface area contributed by atoms with Crippen LogP contribution < -0.4 is 0 Å². The first kappa shape index (κ1) is 17.6. The number of carbonyl (C=O) groups is 1. The summed E-state index contributed by atoms with van der Waals surface area (Å²) < 4.78 is 6.11. The van der Waals surface area contributed by atoms with Crippen molar-refractivity contribution in [3.63, 3.8) is 0 Å². The van der Waals surface area contributed by atoms with Crippen LogP contribution in [0.4, 0.5) is 0 Å². The van der Waals surface area contributed by atoms with Crippen molar-refractivity contribution in [3.8, 4) is 22.4 Å². The number of rotatable bonds is 4. The molecule has 4 rings (SSSR count). The maximum absolute atomic E-state index is 12.0. The maximum Gasteiger partial charge on any atom is 0.338 e. The molecule has 0 aliphatic carbocycles. The predicted octanol–water partition coefficient (Wildman–Crippen LogP) is 6.44. The van der Waals surface area contributed by atoms with Crippen molar-refractivity contribution in [1.82, 2.24) is 4.98 Å². The zero-order chi connectivity index (χ0) is 18.8. The average Bonchev–Trinajstić information content (AvgIpc) is 3.08. The first-order valence-electron chi connectivity index (χ1n) is 8.82. The van der Waals surface area contributed by atoms with E-state index in [0.717, 1.165) is 37.8 Å². The summed E-state index contributed by atoms with van der Waals surface area (Å²) in [7, 11) is 0. The molecule has 0 fully saturated rings. The number of carbonyl (C=O) groups excluding carboxylic acids is 1. The summed E-state index contributed by atoms with van der Waals surface area (Å²) in [6, 6.07) is 24.0. The third-order valence-electron chi connectivity index (χ3n) is 4.53. The maximum atomic E-state index is 12.0. The number of H-pyrrole nitrogens is 1. The number of aromatic amines is 1. The van der Waals surface area contributed by atoms with Gasteiger partial charge in [-0.05, 0) is 36.8 Å². The average molecular weight is 420 g/mol. The number of halogens is 1. The predicted molar refractivity (Wildman–Crippen MR) is 113 cm³/mol. The molecular formula is C23H18BrNO2. The number of esters is 1. The molecule has 0 saturated heterocycles. The van der Waals surface area contributed by atoms with Crippen molar-refractivity contribution in [3.05, 3.63) is 82.8 Å². The molecule has 0 radical (unpaired) electrons. The number of fused-ring (bicyclic) bond motifs is 1. The van der Waals surface area contributed by atoms with Gasteiger partial charge in [-0.15, -0.1) is 0 Å². The second-order valence-electron chi connectivity index (χ2n) is 6.20. The van der Waals surface area contributed by atoms with Gasteiger partial charge in [0.1, 0.15) is 0 Å². The van der Waals surface area contributed by atoms with Crippen LogP contribution in [0.15, 0.2) is 77.3 Å². The van der Waals surface area contributed by atoms with E-state index in [1.807, 2.05) is 61.5 Å². The topological polar surface area (TPSA) is 42.1 Å². The molecule has 1 aromatic heterocycles. The zero-order valence-corrected chi connectivity index (χ0v) is 16.4. The number of benzene rings is 3. The lowest BCUT2D eigenvalue weighted by atomic mass is 9.97. The zero-order valence-electron chi connectivity index (χ0n) is 14.8. The molecule has 0 bridgehead atoms. The fraction of sp³-hybridized carbons (Fsp3) is 0.0870. The minimum Gasteiger partial charge on any atom is -0.462 e. The summed E-state index contributed by atoms with van der Waals surface area (Å²) in [5.41, 5.74) is 5.94. The lowest BCUT2D eigenvalue weighted by molar-refractivity contribution is 0.0526. The van der Waals surface area contributed by atoms with Gasteiger partial charge in [-0.1, -0.05) is 64.5 Å². The van der Waals surface area contributed by atoms with Crippen LogP contribution in [0.2, 0.25) is 0 Å². The number of ether oxygens (including phenoxy) is 1. The first-order chi connectivity index (χ1) is 13.2. The van der Waals surface area contributed by atoms with Gasteiger partial charge in [-0.2, -0.15) is 0 Å². The molecule has 0 spiro atoms. The summed E-state index contributed by atoms with van der Waals surface area (Å²) in [5.74, 6) is -0.297. The highest BCUT2D eigenvalue weighted by atomic mass is 79.9. The fourth-order valence-electron chi connectivity index (χ4n) is 3.30. The van der Waals surface area contributed by atoms with Crippen LogP contribution in [-0.2, 0) is 4.74 Å². The molecular weight excluding hydrogens is 402 g/mol. The van der Waals surface area contributed by atoms with Crippen molar-refractivity contribution < 1.29 is 9.53 Å². The van der Waals surface area contributed by atoms with E-state index in [4.69, 9.17) is 4.74 Å². The standard InChI is InChI=1S/C23H18BrNO2/c1-2-27-23(26)16-13-11-15(12-14-16)21-18-8-4-6-10-20(18)25-22(21)17-7-3-5-9-19(17)24/h3-14,25H,2H2,1H3. The lowest BCUT2D eigenvalue weighted by Crippen LogP contribution is -2.04. The smallest absolute Gasteiger partial charge is 0.338 e. The molecule has 0 saturated carbocycles. The molecule has 0 atom stereocenters. The van der Waals surface area contributed by atoms with E-state index in [0.29, 0.717) is 12.2 Å². The summed E-state index contributed by atoms with van der Waals surface area (Å²) >= 11 is 3.66. The van der Waals surface area contributed by atoms with E-state index in [1.54, 1.807) is 0 Å². The van der Waals surface area contributed by atoms with E-state index in [-0.39, 0.29) is 5.97 Å². The molecule has 4 aromatic rings. The quantitative estimate of drug-likeness (QED) is 0.386. The molecule has 0 unspecified atom stereocenters. The van der Waals surface area contributed by atoms with Gasteiger partial charge < -0.3 is 9.72 Å². The van der Waals surface area contributed by atoms with E-state index in [9.17, 15) is 4.79 Å². The molecule has 4 heteroatoms. The van der Waals surface area contributed by atoms with E-state index < -0.39 is 0 Å². The lowest BCUT2D eigenvalue weighted by Gasteiger charge is -2.09. The number of para-hydroxylation sites is 1. The Hall–Kier alpha value is -2.85. The minimum atomic E-state index is -0.297. The Morgan fingerprint density at radius 3 is 2.41 bits per heavy atom. The Bertz CT molecular complexity index is 1110. The molecule has 0 aliphatic rings. The van der Waals surface area contributed by atoms with Crippen LogP contribution >= 0.6 is 15.9 Å². The Balaban J connectivity index is 1.89. The Morgan fingerprint density at radius 2 is 1.67 bits per heavy atom. The Kier molecular flexibility index (Phi) is 4.82. The van der Waals surface area contributed by atoms with Crippen molar-refractivity contribution in [2.24, 2.45) is 0 Å². The molecule has 134 valence electrons.